The number of rotatable bonds is 3. The highest BCUT2D eigenvalue weighted by Crippen LogP contribution is 2.19. The summed E-state index contributed by atoms with van der Waals surface area (Å²) in [6.07, 6.45) is 3.37. The van der Waals surface area contributed by atoms with Crippen molar-refractivity contribution in [3.8, 4) is 0 Å². The summed E-state index contributed by atoms with van der Waals surface area (Å²) in [5, 5.41) is 2.10. The molecule has 0 N–H and O–H groups in total. The molecule has 0 heterocycles. The van der Waals surface area contributed by atoms with Gasteiger partial charge in [-0.3, -0.25) is 4.79 Å². The van der Waals surface area contributed by atoms with Crippen LogP contribution in [0.1, 0.15) is 10.4 Å². The molecule has 0 saturated carbocycles. The number of ketones is 1. The average molecular weight is 225 g/mol. The molecule has 2 heteroatoms. The Kier molecular flexibility index (Phi) is 3.24. The normalized spacial score (nSPS) is 10.9. The maximum atomic E-state index is 12.0. The molecule has 2 aromatic rings. The van der Waals surface area contributed by atoms with Crippen molar-refractivity contribution in [2.45, 2.75) is 0 Å². The number of hydrogen-bond donors (Lipinski definition) is 0. The third-order valence-corrected chi connectivity index (χ3v) is 2.58. The van der Waals surface area contributed by atoms with Crippen LogP contribution in [0.4, 0.5) is 0 Å². The molecule has 2 rings (SSSR count). The predicted octanol–water partition coefficient (Wildman–Crippen LogP) is 3.10. The fourth-order valence-electron chi connectivity index (χ4n) is 1.75. The molecular formula is C15H15NO. The van der Waals surface area contributed by atoms with E-state index >= 15 is 0 Å². The van der Waals surface area contributed by atoms with Crippen molar-refractivity contribution in [1.29, 1.82) is 0 Å². The van der Waals surface area contributed by atoms with Gasteiger partial charge in [0.1, 0.15) is 0 Å². The number of nitrogens with zero attached hydrogens (tertiary/aromatic N) is 1. The fraction of sp³-hybridized carbons (Fsp3) is 0.133. The Balaban J connectivity index is 2.45. The van der Waals surface area contributed by atoms with E-state index in [0.29, 0.717) is 0 Å². The van der Waals surface area contributed by atoms with Gasteiger partial charge in [-0.1, -0.05) is 42.5 Å². The number of carbonyl (C=O) groups is 1. The molecule has 0 bridgehead atoms. The van der Waals surface area contributed by atoms with Gasteiger partial charge in [-0.25, -0.2) is 0 Å². The summed E-state index contributed by atoms with van der Waals surface area (Å²) in [6, 6.07) is 13.7. The first-order valence-electron chi connectivity index (χ1n) is 5.55. The van der Waals surface area contributed by atoms with Crippen molar-refractivity contribution in [3.63, 3.8) is 0 Å². The minimum atomic E-state index is 0.0375. The van der Waals surface area contributed by atoms with Crippen LogP contribution in [-0.4, -0.2) is 24.8 Å². The van der Waals surface area contributed by atoms with Crippen LogP contribution in [0.15, 0.2) is 54.7 Å². The summed E-state index contributed by atoms with van der Waals surface area (Å²) >= 11 is 0. The third-order valence-electron chi connectivity index (χ3n) is 2.58. The first kappa shape index (κ1) is 11.4. The van der Waals surface area contributed by atoms with Crippen LogP contribution < -0.4 is 0 Å². The van der Waals surface area contributed by atoms with Crippen LogP contribution in [-0.2, 0) is 0 Å². The number of carbonyl (C=O) groups excluding carboxylic acids is 1. The van der Waals surface area contributed by atoms with Gasteiger partial charge in [0.25, 0.3) is 0 Å². The van der Waals surface area contributed by atoms with Crippen molar-refractivity contribution < 1.29 is 4.79 Å². The predicted molar refractivity (Wildman–Crippen MR) is 71.1 cm³/mol. The monoisotopic (exact) mass is 225 g/mol. The van der Waals surface area contributed by atoms with Gasteiger partial charge >= 0.3 is 0 Å². The Labute approximate surface area is 101 Å². The molecule has 0 atom stereocenters. The molecule has 0 aromatic heterocycles. The second-order valence-electron chi connectivity index (χ2n) is 4.17. The van der Waals surface area contributed by atoms with Crippen molar-refractivity contribution in [3.05, 3.63) is 60.3 Å². The summed E-state index contributed by atoms with van der Waals surface area (Å²) in [7, 11) is 3.79. The van der Waals surface area contributed by atoms with Gasteiger partial charge in [0.2, 0.25) is 0 Å². The lowest BCUT2D eigenvalue weighted by molar-refractivity contribution is 0.104. The van der Waals surface area contributed by atoms with Crippen molar-refractivity contribution in [2.75, 3.05) is 14.1 Å². The smallest absolute Gasteiger partial charge is 0.187 e. The van der Waals surface area contributed by atoms with Crippen LogP contribution in [0, 0.1) is 0 Å². The van der Waals surface area contributed by atoms with E-state index in [2.05, 4.69) is 0 Å². The number of fused-ring (bicyclic) bond motifs is 1. The Bertz CT molecular complexity index is 565. The fourth-order valence-corrected chi connectivity index (χ4v) is 1.75. The Morgan fingerprint density at radius 1 is 1.06 bits per heavy atom. The molecule has 2 nitrogen and oxygen atoms in total. The highest BCUT2D eigenvalue weighted by Gasteiger charge is 2.06. The molecule has 0 fully saturated rings. The molecule has 0 radical (unpaired) electrons. The third kappa shape index (κ3) is 2.53. The highest BCUT2D eigenvalue weighted by atomic mass is 16.1. The van der Waals surface area contributed by atoms with Gasteiger partial charge in [0, 0.05) is 31.9 Å². The quantitative estimate of drug-likeness (QED) is 0.591. The first-order valence-corrected chi connectivity index (χ1v) is 5.55. The van der Waals surface area contributed by atoms with E-state index < -0.39 is 0 Å². The minimum Gasteiger partial charge on any atom is -0.383 e. The maximum absolute atomic E-state index is 12.0. The SMILES string of the molecule is CN(C)/C=C/C(=O)c1cccc2ccccc12. The van der Waals surface area contributed by atoms with Gasteiger partial charge in [-0.2, -0.15) is 0 Å². The minimum absolute atomic E-state index is 0.0375. The second kappa shape index (κ2) is 4.83. The molecule has 0 amide bonds. The molecule has 0 aliphatic rings. The summed E-state index contributed by atoms with van der Waals surface area (Å²) in [6.45, 7) is 0. The van der Waals surface area contributed by atoms with E-state index in [9.17, 15) is 4.79 Å². The average Bonchev–Trinajstić information content (AvgIpc) is 2.35. The topological polar surface area (TPSA) is 20.3 Å². The molecule has 17 heavy (non-hydrogen) atoms. The summed E-state index contributed by atoms with van der Waals surface area (Å²) < 4.78 is 0. The molecule has 0 spiro atoms. The highest BCUT2D eigenvalue weighted by molar-refractivity contribution is 6.13. The van der Waals surface area contributed by atoms with E-state index in [1.54, 1.807) is 12.3 Å². The number of allylic oxidation sites excluding steroid dienone is 1. The zero-order chi connectivity index (χ0) is 12.3. The number of benzene rings is 2. The summed E-state index contributed by atoms with van der Waals surface area (Å²) in [5.41, 5.74) is 0.751. The Hall–Kier alpha value is -2.09. The van der Waals surface area contributed by atoms with Crippen LogP contribution in [0.25, 0.3) is 10.8 Å². The van der Waals surface area contributed by atoms with E-state index in [4.69, 9.17) is 0 Å². The van der Waals surface area contributed by atoms with Gasteiger partial charge in [-0.05, 0) is 10.8 Å². The van der Waals surface area contributed by atoms with Crippen LogP contribution in [0.2, 0.25) is 0 Å². The van der Waals surface area contributed by atoms with E-state index in [-0.39, 0.29) is 5.78 Å². The maximum Gasteiger partial charge on any atom is 0.187 e. The van der Waals surface area contributed by atoms with Gasteiger partial charge in [0.05, 0.1) is 0 Å². The van der Waals surface area contributed by atoms with Crippen LogP contribution in [0.3, 0.4) is 0 Å². The molecular weight excluding hydrogens is 210 g/mol. The number of hydrogen-bond acceptors (Lipinski definition) is 2. The summed E-state index contributed by atoms with van der Waals surface area (Å²) in [5.74, 6) is 0.0375. The molecule has 0 unspecified atom stereocenters. The van der Waals surface area contributed by atoms with Crippen LogP contribution in [0.5, 0.6) is 0 Å². The van der Waals surface area contributed by atoms with Crippen molar-refractivity contribution in [1.82, 2.24) is 4.90 Å². The van der Waals surface area contributed by atoms with E-state index in [0.717, 1.165) is 16.3 Å². The second-order valence-corrected chi connectivity index (χ2v) is 4.17. The summed E-state index contributed by atoms with van der Waals surface area (Å²) in [4.78, 5) is 13.9. The van der Waals surface area contributed by atoms with Crippen molar-refractivity contribution in [2.24, 2.45) is 0 Å². The van der Waals surface area contributed by atoms with Gasteiger partial charge < -0.3 is 4.90 Å². The van der Waals surface area contributed by atoms with E-state index in [1.165, 1.54) is 0 Å². The molecule has 0 aliphatic heterocycles. The van der Waals surface area contributed by atoms with Gasteiger partial charge in [-0.15, -0.1) is 0 Å². The zero-order valence-corrected chi connectivity index (χ0v) is 10.1. The molecule has 86 valence electrons. The van der Waals surface area contributed by atoms with Crippen LogP contribution >= 0.6 is 0 Å². The molecule has 0 aliphatic carbocycles. The zero-order valence-electron chi connectivity index (χ0n) is 10.1. The Morgan fingerprint density at radius 2 is 1.76 bits per heavy atom. The molecule has 0 saturated heterocycles. The van der Waals surface area contributed by atoms with Gasteiger partial charge in [0.15, 0.2) is 5.78 Å². The largest absolute Gasteiger partial charge is 0.383 e. The first-order chi connectivity index (χ1) is 8.18. The molecule has 2 aromatic carbocycles. The standard InChI is InChI=1S/C15H15NO/c1-16(2)11-10-15(17)14-9-5-7-12-6-3-4-8-13(12)14/h3-11H,1-2H3/b11-10+. The van der Waals surface area contributed by atoms with E-state index in [1.807, 2.05) is 61.5 Å². The van der Waals surface area contributed by atoms with Crippen molar-refractivity contribution >= 4 is 16.6 Å². The lowest BCUT2D eigenvalue weighted by Crippen LogP contribution is -2.03. The Morgan fingerprint density at radius 3 is 2.53 bits per heavy atom. The lowest BCUT2D eigenvalue weighted by atomic mass is 10.0. The lowest BCUT2D eigenvalue weighted by Gasteiger charge is -2.05.